The third-order valence-electron chi connectivity index (χ3n) is 5.45. The Kier molecular flexibility index (Phi) is 6.86. The lowest BCUT2D eigenvalue weighted by Crippen LogP contribution is -2.23. The SMILES string of the molecule is CCCCCOc1ccc(-c2nc3s/c(=C\c4cccc(Oc5ccccc5)c4)c(=O)n3n2)cc1. The van der Waals surface area contributed by atoms with Gasteiger partial charge < -0.3 is 9.47 Å². The van der Waals surface area contributed by atoms with Crippen LogP contribution in [-0.4, -0.2) is 21.2 Å². The van der Waals surface area contributed by atoms with Crippen molar-refractivity contribution < 1.29 is 9.47 Å². The second-order valence-corrected chi connectivity index (χ2v) is 9.12. The zero-order valence-corrected chi connectivity index (χ0v) is 20.2. The molecule has 0 aliphatic carbocycles. The highest BCUT2D eigenvalue weighted by Crippen LogP contribution is 2.23. The summed E-state index contributed by atoms with van der Waals surface area (Å²) in [5.74, 6) is 2.81. The summed E-state index contributed by atoms with van der Waals surface area (Å²) in [6.45, 7) is 2.89. The molecular weight excluding hydrogens is 458 g/mol. The molecule has 2 aromatic heterocycles. The molecule has 5 rings (SSSR count). The lowest BCUT2D eigenvalue weighted by molar-refractivity contribution is 0.306. The van der Waals surface area contributed by atoms with Crippen LogP contribution in [-0.2, 0) is 0 Å². The molecule has 0 radical (unpaired) electrons. The molecule has 0 bridgehead atoms. The van der Waals surface area contributed by atoms with Crippen LogP contribution in [0.25, 0.3) is 22.4 Å². The molecule has 7 heteroatoms. The average molecular weight is 484 g/mol. The average Bonchev–Trinajstić information content (AvgIpc) is 3.42. The fourth-order valence-corrected chi connectivity index (χ4v) is 4.55. The number of hydrogen-bond acceptors (Lipinski definition) is 6. The van der Waals surface area contributed by atoms with Gasteiger partial charge in [-0.05, 0) is 66.6 Å². The van der Waals surface area contributed by atoms with Crippen molar-refractivity contribution >= 4 is 22.4 Å². The van der Waals surface area contributed by atoms with E-state index in [1.807, 2.05) is 84.9 Å². The van der Waals surface area contributed by atoms with Crippen molar-refractivity contribution in [2.75, 3.05) is 6.61 Å². The third kappa shape index (κ3) is 5.41. The molecule has 0 N–H and O–H groups in total. The summed E-state index contributed by atoms with van der Waals surface area (Å²) >= 11 is 1.32. The van der Waals surface area contributed by atoms with Crippen molar-refractivity contribution in [3.8, 4) is 28.6 Å². The van der Waals surface area contributed by atoms with Gasteiger partial charge in [0.1, 0.15) is 17.2 Å². The quantitative estimate of drug-likeness (QED) is 0.251. The summed E-state index contributed by atoms with van der Waals surface area (Å²) in [5, 5.41) is 4.45. The number of hydrogen-bond donors (Lipinski definition) is 0. The molecule has 0 amide bonds. The standard InChI is InChI=1S/C28H25N3O3S/c1-2-3-7-17-33-22-15-13-21(14-16-22)26-29-28-31(30-26)27(32)25(35-28)19-20-9-8-12-24(18-20)34-23-10-5-4-6-11-23/h4-6,8-16,18-19H,2-3,7,17H2,1H3/b25-19-. The zero-order valence-electron chi connectivity index (χ0n) is 19.4. The highest BCUT2D eigenvalue weighted by molar-refractivity contribution is 7.15. The van der Waals surface area contributed by atoms with Gasteiger partial charge in [0, 0.05) is 5.56 Å². The van der Waals surface area contributed by atoms with E-state index in [9.17, 15) is 4.79 Å². The first-order valence-electron chi connectivity index (χ1n) is 11.7. The largest absolute Gasteiger partial charge is 0.494 e. The van der Waals surface area contributed by atoms with Gasteiger partial charge in [0.05, 0.1) is 11.1 Å². The minimum Gasteiger partial charge on any atom is -0.494 e. The maximum absolute atomic E-state index is 13.0. The van der Waals surface area contributed by atoms with Crippen LogP contribution in [0.4, 0.5) is 0 Å². The first kappa shape index (κ1) is 22.8. The number of aromatic nitrogens is 3. The molecule has 2 heterocycles. The van der Waals surface area contributed by atoms with Gasteiger partial charge in [0.25, 0.3) is 5.56 Å². The Bertz CT molecular complexity index is 1530. The molecule has 176 valence electrons. The van der Waals surface area contributed by atoms with E-state index in [1.54, 1.807) is 0 Å². The summed E-state index contributed by atoms with van der Waals surface area (Å²) in [5.41, 5.74) is 1.53. The maximum Gasteiger partial charge on any atom is 0.291 e. The summed E-state index contributed by atoms with van der Waals surface area (Å²) in [7, 11) is 0. The Balaban J connectivity index is 1.35. The van der Waals surface area contributed by atoms with E-state index in [2.05, 4.69) is 17.0 Å². The molecule has 0 fully saturated rings. The first-order chi connectivity index (χ1) is 17.2. The molecule has 35 heavy (non-hydrogen) atoms. The molecule has 6 nitrogen and oxygen atoms in total. The number of benzene rings is 3. The van der Waals surface area contributed by atoms with E-state index < -0.39 is 0 Å². The minimum absolute atomic E-state index is 0.186. The Labute approximate surface area is 207 Å². The highest BCUT2D eigenvalue weighted by atomic mass is 32.1. The second kappa shape index (κ2) is 10.5. The van der Waals surface area contributed by atoms with E-state index in [0.717, 1.165) is 35.5 Å². The fraction of sp³-hybridized carbons (Fsp3) is 0.179. The monoisotopic (exact) mass is 483 g/mol. The van der Waals surface area contributed by atoms with Crippen molar-refractivity contribution in [3.05, 3.63) is 99.3 Å². The van der Waals surface area contributed by atoms with Gasteiger partial charge >= 0.3 is 0 Å². The van der Waals surface area contributed by atoms with E-state index in [-0.39, 0.29) is 5.56 Å². The third-order valence-corrected chi connectivity index (χ3v) is 6.40. The fourth-order valence-electron chi connectivity index (χ4n) is 3.64. The van der Waals surface area contributed by atoms with Gasteiger partial charge in [-0.1, -0.05) is 61.4 Å². The number of nitrogens with zero attached hydrogens (tertiary/aromatic N) is 3. The van der Waals surface area contributed by atoms with Crippen LogP contribution in [0.15, 0.2) is 83.7 Å². The lowest BCUT2D eigenvalue weighted by atomic mass is 10.2. The Morgan fingerprint density at radius 3 is 2.49 bits per heavy atom. The lowest BCUT2D eigenvalue weighted by Gasteiger charge is -2.05. The Hall–Kier alpha value is -3.97. The van der Waals surface area contributed by atoms with E-state index in [4.69, 9.17) is 9.47 Å². The smallest absolute Gasteiger partial charge is 0.291 e. The van der Waals surface area contributed by atoms with Crippen LogP contribution in [0, 0.1) is 0 Å². The molecule has 0 saturated carbocycles. The Morgan fingerprint density at radius 1 is 0.914 bits per heavy atom. The predicted molar refractivity (Wildman–Crippen MR) is 139 cm³/mol. The number of para-hydroxylation sites is 1. The van der Waals surface area contributed by atoms with Crippen LogP contribution in [0.2, 0.25) is 0 Å². The summed E-state index contributed by atoms with van der Waals surface area (Å²) in [6, 6.07) is 24.9. The van der Waals surface area contributed by atoms with Crippen LogP contribution < -0.4 is 19.6 Å². The van der Waals surface area contributed by atoms with Crippen LogP contribution in [0.5, 0.6) is 17.2 Å². The normalized spacial score (nSPS) is 11.7. The molecule has 0 saturated heterocycles. The second-order valence-electron chi connectivity index (χ2n) is 8.11. The molecular formula is C28H25N3O3S. The minimum atomic E-state index is -0.186. The van der Waals surface area contributed by atoms with Crippen LogP contribution in [0.3, 0.4) is 0 Å². The van der Waals surface area contributed by atoms with Crippen molar-refractivity contribution in [1.29, 1.82) is 0 Å². The molecule has 0 atom stereocenters. The number of rotatable bonds is 9. The molecule has 0 spiro atoms. The topological polar surface area (TPSA) is 65.7 Å². The van der Waals surface area contributed by atoms with Crippen LogP contribution >= 0.6 is 11.3 Å². The molecule has 5 aromatic rings. The Morgan fingerprint density at radius 2 is 1.71 bits per heavy atom. The molecule has 0 aliphatic heterocycles. The number of fused-ring (bicyclic) bond motifs is 1. The number of ether oxygens (including phenoxy) is 2. The first-order valence-corrected chi connectivity index (χ1v) is 12.5. The van der Waals surface area contributed by atoms with Crippen molar-refractivity contribution in [2.24, 2.45) is 0 Å². The van der Waals surface area contributed by atoms with Gasteiger partial charge in [-0.3, -0.25) is 4.79 Å². The van der Waals surface area contributed by atoms with E-state index in [0.29, 0.717) is 27.7 Å². The van der Waals surface area contributed by atoms with Crippen molar-refractivity contribution in [1.82, 2.24) is 14.6 Å². The molecule has 0 unspecified atom stereocenters. The maximum atomic E-state index is 13.0. The summed E-state index contributed by atoms with van der Waals surface area (Å²) < 4.78 is 13.6. The number of unbranched alkanes of at least 4 members (excludes halogenated alkanes) is 2. The van der Waals surface area contributed by atoms with E-state index >= 15 is 0 Å². The van der Waals surface area contributed by atoms with Gasteiger partial charge in [-0.15, -0.1) is 5.10 Å². The molecule has 0 aliphatic rings. The highest BCUT2D eigenvalue weighted by Gasteiger charge is 2.12. The predicted octanol–water partition coefficient (Wildman–Crippen LogP) is 5.73. The zero-order chi connectivity index (χ0) is 24.0. The molecule has 3 aromatic carbocycles. The van der Waals surface area contributed by atoms with Crippen molar-refractivity contribution in [3.63, 3.8) is 0 Å². The van der Waals surface area contributed by atoms with Gasteiger partial charge in [0.2, 0.25) is 4.96 Å². The summed E-state index contributed by atoms with van der Waals surface area (Å²) in [6.07, 6.45) is 5.22. The van der Waals surface area contributed by atoms with Gasteiger partial charge in [-0.25, -0.2) is 0 Å². The van der Waals surface area contributed by atoms with Gasteiger partial charge in [-0.2, -0.15) is 9.50 Å². The number of thiazole rings is 1. The van der Waals surface area contributed by atoms with E-state index in [1.165, 1.54) is 22.3 Å². The van der Waals surface area contributed by atoms with Gasteiger partial charge in [0.15, 0.2) is 5.82 Å². The van der Waals surface area contributed by atoms with Crippen molar-refractivity contribution in [2.45, 2.75) is 26.2 Å². The van der Waals surface area contributed by atoms with Crippen LogP contribution in [0.1, 0.15) is 31.7 Å². The summed E-state index contributed by atoms with van der Waals surface area (Å²) in [4.78, 5) is 18.1.